The quantitative estimate of drug-likeness (QED) is 0.446. The summed E-state index contributed by atoms with van der Waals surface area (Å²) in [5.74, 6) is 0.819. The molecule has 1 heterocycles. The van der Waals surface area contributed by atoms with Crippen LogP contribution < -0.4 is 14.8 Å². The van der Waals surface area contributed by atoms with Crippen LogP contribution in [0.5, 0.6) is 11.5 Å². The second kappa shape index (κ2) is 9.51. The van der Waals surface area contributed by atoms with Gasteiger partial charge in [-0.15, -0.1) is 0 Å². The summed E-state index contributed by atoms with van der Waals surface area (Å²) in [6.07, 6.45) is 3.41. The van der Waals surface area contributed by atoms with E-state index in [-0.39, 0.29) is 17.6 Å². The highest BCUT2D eigenvalue weighted by Gasteiger charge is 2.15. The number of rotatable bonds is 8. The summed E-state index contributed by atoms with van der Waals surface area (Å²) in [5, 5.41) is 13.6. The van der Waals surface area contributed by atoms with Gasteiger partial charge in [0.05, 0.1) is 18.1 Å². The Bertz CT molecular complexity index is 1020. The molecule has 0 bridgehead atoms. The van der Waals surface area contributed by atoms with E-state index in [4.69, 9.17) is 9.47 Å². The molecule has 0 saturated carbocycles. The van der Waals surface area contributed by atoms with Crippen LogP contribution in [0.25, 0.3) is 0 Å². The van der Waals surface area contributed by atoms with Crippen molar-refractivity contribution < 1.29 is 19.2 Å². The molecule has 0 fully saturated rings. The largest absolute Gasteiger partial charge is 0.493 e. The number of hydrogen-bond acceptors (Lipinski definition) is 6. The molecule has 3 aromatic rings. The van der Waals surface area contributed by atoms with Crippen molar-refractivity contribution in [2.75, 3.05) is 7.11 Å². The molecule has 0 aliphatic carbocycles. The number of ether oxygens (including phenoxy) is 2. The number of benzene rings is 2. The maximum Gasteiger partial charge on any atom is 0.269 e. The van der Waals surface area contributed by atoms with Gasteiger partial charge in [0, 0.05) is 30.1 Å². The van der Waals surface area contributed by atoms with Crippen molar-refractivity contribution in [1.29, 1.82) is 0 Å². The highest BCUT2D eigenvalue weighted by Crippen LogP contribution is 2.31. The van der Waals surface area contributed by atoms with E-state index in [1.807, 2.05) is 31.2 Å². The van der Waals surface area contributed by atoms with Crippen molar-refractivity contribution in [2.45, 2.75) is 19.6 Å². The molecule has 8 nitrogen and oxygen atoms in total. The van der Waals surface area contributed by atoms with Crippen molar-refractivity contribution in [1.82, 2.24) is 10.3 Å². The van der Waals surface area contributed by atoms with Gasteiger partial charge in [-0.1, -0.05) is 6.07 Å². The summed E-state index contributed by atoms with van der Waals surface area (Å²) in [6.45, 7) is 2.22. The van der Waals surface area contributed by atoms with E-state index in [1.54, 1.807) is 25.6 Å². The number of carbonyl (C=O) groups is 1. The first-order valence-corrected chi connectivity index (χ1v) is 9.23. The molecule has 30 heavy (non-hydrogen) atoms. The lowest BCUT2D eigenvalue weighted by Gasteiger charge is -2.17. The Morgan fingerprint density at radius 2 is 1.80 bits per heavy atom. The smallest absolute Gasteiger partial charge is 0.269 e. The summed E-state index contributed by atoms with van der Waals surface area (Å²) in [6, 6.07) is 14.4. The van der Waals surface area contributed by atoms with Gasteiger partial charge in [0.1, 0.15) is 6.61 Å². The zero-order valence-electron chi connectivity index (χ0n) is 16.6. The Morgan fingerprint density at radius 3 is 2.43 bits per heavy atom. The number of non-ortho nitro benzene ring substituents is 1. The molecule has 1 atom stereocenters. The van der Waals surface area contributed by atoms with E-state index in [2.05, 4.69) is 10.3 Å². The van der Waals surface area contributed by atoms with Gasteiger partial charge >= 0.3 is 0 Å². The monoisotopic (exact) mass is 407 g/mol. The van der Waals surface area contributed by atoms with Gasteiger partial charge in [-0.05, 0) is 54.4 Å². The summed E-state index contributed by atoms with van der Waals surface area (Å²) in [4.78, 5) is 26.7. The number of nitrogens with one attached hydrogen (secondary N) is 1. The van der Waals surface area contributed by atoms with Crippen LogP contribution in [0.1, 0.15) is 34.5 Å². The molecule has 1 unspecified atom stereocenters. The predicted octanol–water partition coefficient (Wildman–Crippen LogP) is 4.07. The van der Waals surface area contributed by atoms with Gasteiger partial charge in [-0.25, -0.2) is 0 Å². The maximum atomic E-state index is 12.4. The number of nitro benzene ring substituents is 1. The number of aromatic nitrogens is 1. The van der Waals surface area contributed by atoms with Crippen molar-refractivity contribution in [3.8, 4) is 11.5 Å². The third-order valence-corrected chi connectivity index (χ3v) is 4.52. The molecular formula is C22H21N3O5. The number of nitro groups is 1. The topological polar surface area (TPSA) is 104 Å². The van der Waals surface area contributed by atoms with Gasteiger partial charge in [0.2, 0.25) is 0 Å². The van der Waals surface area contributed by atoms with Crippen LogP contribution in [-0.2, 0) is 6.61 Å². The molecule has 154 valence electrons. The second-order valence-electron chi connectivity index (χ2n) is 6.55. The van der Waals surface area contributed by atoms with Crippen LogP contribution in [0.2, 0.25) is 0 Å². The van der Waals surface area contributed by atoms with Crippen LogP contribution in [0.4, 0.5) is 5.69 Å². The molecule has 0 aliphatic heterocycles. The van der Waals surface area contributed by atoms with Crippen LogP contribution in [0, 0.1) is 10.1 Å². The molecule has 0 spiro atoms. The molecule has 8 heteroatoms. The van der Waals surface area contributed by atoms with E-state index in [0.29, 0.717) is 23.7 Å². The minimum absolute atomic E-state index is 0.0633. The lowest BCUT2D eigenvalue weighted by atomic mass is 10.1. The van der Waals surface area contributed by atoms with Gasteiger partial charge in [-0.3, -0.25) is 19.9 Å². The summed E-state index contributed by atoms with van der Waals surface area (Å²) in [5.41, 5.74) is 2.10. The average Bonchev–Trinajstić information content (AvgIpc) is 2.78. The predicted molar refractivity (Wildman–Crippen MR) is 111 cm³/mol. The van der Waals surface area contributed by atoms with Crippen molar-refractivity contribution >= 4 is 11.6 Å². The van der Waals surface area contributed by atoms with E-state index >= 15 is 0 Å². The first-order chi connectivity index (χ1) is 14.5. The molecule has 0 aliphatic rings. The molecule has 0 radical (unpaired) electrons. The van der Waals surface area contributed by atoms with Crippen LogP contribution in [-0.4, -0.2) is 22.9 Å². The lowest BCUT2D eigenvalue weighted by molar-refractivity contribution is -0.384. The normalized spacial score (nSPS) is 11.4. The molecule has 1 amide bonds. The van der Waals surface area contributed by atoms with E-state index < -0.39 is 4.92 Å². The molecule has 1 aromatic heterocycles. The third kappa shape index (κ3) is 5.11. The zero-order chi connectivity index (χ0) is 21.5. The van der Waals surface area contributed by atoms with Crippen LogP contribution >= 0.6 is 0 Å². The van der Waals surface area contributed by atoms with E-state index in [1.165, 1.54) is 24.3 Å². The fourth-order valence-corrected chi connectivity index (χ4v) is 2.81. The Balaban J connectivity index is 1.67. The highest BCUT2D eigenvalue weighted by atomic mass is 16.6. The maximum absolute atomic E-state index is 12.4. The minimum Gasteiger partial charge on any atom is -0.493 e. The third-order valence-electron chi connectivity index (χ3n) is 4.52. The van der Waals surface area contributed by atoms with E-state index in [9.17, 15) is 14.9 Å². The highest BCUT2D eigenvalue weighted by molar-refractivity contribution is 5.94. The van der Waals surface area contributed by atoms with Crippen molar-refractivity contribution in [3.05, 3.63) is 93.8 Å². The molecular weight excluding hydrogens is 386 g/mol. The summed E-state index contributed by atoms with van der Waals surface area (Å²) >= 11 is 0. The molecule has 3 rings (SSSR count). The summed E-state index contributed by atoms with van der Waals surface area (Å²) < 4.78 is 11.3. The van der Waals surface area contributed by atoms with E-state index in [0.717, 1.165) is 11.1 Å². The second-order valence-corrected chi connectivity index (χ2v) is 6.55. The SMILES string of the molecule is COc1cc(C(C)NC(=O)c2ccc([N+](=O)[O-])cc2)ccc1OCc1ccncc1. The molecule has 1 N–H and O–H groups in total. The van der Waals surface area contributed by atoms with Crippen LogP contribution in [0.3, 0.4) is 0 Å². The Labute approximate surface area is 173 Å². The standard InChI is InChI=1S/C22H21N3O5/c1-15(24-22(26)17-3-6-19(7-4-17)25(27)28)18-5-8-20(21(13-18)29-2)30-14-16-9-11-23-12-10-16/h3-13,15H,14H2,1-2H3,(H,24,26). The van der Waals surface area contributed by atoms with Gasteiger partial charge in [-0.2, -0.15) is 0 Å². The Kier molecular flexibility index (Phi) is 6.59. The number of methoxy groups -OCH3 is 1. The lowest BCUT2D eigenvalue weighted by Crippen LogP contribution is -2.26. The first-order valence-electron chi connectivity index (χ1n) is 9.23. The number of nitrogens with zero attached hydrogens (tertiary/aromatic N) is 2. The molecule has 0 saturated heterocycles. The van der Waals surface area contributed by atoms with Crippen molar-refractivity contribution in [2.24, 2.45) is 0 Å². The fourth-order valence-electron chi connectivity index (χ4n) is 2.81. The average molecular weight is 407 g/mol. The zero-order valence-corrected chi connectivity index (χ0v) is 16.6. The van der Waals surface area contributed by atoms with Gasteiger partial charge < -0.3 is 14.8 Å². The number of carbonyl (C=O) groups excluding carboxylic acids is 1. The number of hydrogen-bond donors (Lipinski definition) is 1. The fraction of sp³-hybridized carbons (Fsp3) is 0.182. The number of pyridine rings is 1. The Hall–Kier alpha value is -3.94. The minimum atomic E-state index is -0.505. The summed E-state index contributed by atoms with van der Waals surface area (Å²) in [7, 11) is 1.55. The first kappa shape index (κ1) is 20.8. The Morgan fingerprint density at radius 1 is 1.10 bits per heavy atom. The van der Waals surface area contributed by atoms with Crippen LogP contribution in [0.15, 0.2) is 67.0 Å². The number of amides is 1. The van der Waals surface area contributed by atoms with Crippen molar-refractivity contribution in [3.63, 3.8) is 0 Å². The van der Waals surface area contributed by atoms with Gasteiger partial charge in [0.15, 0.2) is 11.5 Å². The van der Waals surface area contributed by atoms with Gasteiger partial charge in [0.25, 0.3) is 11.6 Å². The molecule has 2 aromatic carbocycles.